The van der Waals surface area contributed by atoms with Crippen LogP contribution in [0.25, 0.3) is 0 Å². The SMILES string of the molecule is CCCCCCOc1cc[c-]cc1OC.[Br-].[Mg+2]. The molecule has 1 rings (SSSR count). The van der Waals surface area contributed by atoms with E-state index in [4.69, 9.17) is 9.47 Å². The summed E-state index contributed by atoms with van der Waals surface area (Å²) in [6.07, 6.45) is 4.88. The van der Waals surface area contributed by atoms with E-state index in [1.54, 1.807) is 13.2 Å². The van der Waals surface area contributed by atoms with Crippen molar-refractivity contribution >= 4 is 23.1 Å². The fourth-order valence-corrected chi connectivity index (χ4v) is 1.39. The molecule has 0 saturated carbocycles. The molecular formula is C13H19BrMgO2. The Morgan fingerprint density at radius 3 is 2.59 bits per heavy atom. The minimum Gasteiger partial charge on any atom is -1.00 e. The average molecular weight is 312 g/mol. The van der Waals surface area contributed by atoms with Crippen molar-refractivity contribution in [3.63, 3.8) is 0 Å². The van der Waals surface area contributed by atoms with Crippen LogP contribution in [0, 0.1) is 6.07 Å². The zero-order chi connectivity index (χ0) is 10.9. The Morgan fingerprint density at radius 2 is 1.94 bits per heavy atom. The van der Waals surface area contributed by atoms with E-state index in [9.17, 15) is 0 Å². The normalized spacial score (nSPS) is 8.82. The van der Waals surface area contributed by atoms with Crippen molar-refractivity contribution in [2.75, 3.05) is 13.7 Å². The molecule has 0 spiro atoms. The molecule has 0 unspecified atom stereocenters. The van der Waals surface area contributed by atoms with Crippen molar-refractivity contribution in [2.45, 2.75) is 32.6 Å². The molecule has 4 heteroatoms. The topological polar surface area (TPSA) is 18.5 Å². The molecule has 1 aromatic rings. The second-order valence-electron chi connectivity index (χ2n) is 3.49. The van der Waals surface area contributed by atoms with Gasteiger partial charge in [0.15, 0.2) is 0 Å². The van der Waals surface area contributed by atoms with E-state index >= 15 is 0 Å². The minimum atomic E-state index is 0. The van der Waals surface area contributed by atoms with E-state index in [-0.39, 0.29) is 40.0 Å². The van der Waals surface area contributed by atoms with Gasteiger partial charge in [-0.2, -0.15) is 12.1 Å². The van der Waals surface area contributed by atoms with Gasteiger partial charge in [-0.1, -0.05) is 26.2 Å². The van der Waals surface area contributed by atoms with Crippen LogP contribution in [-0.4, -0.2) is 36.8 Å². The maximum absolute atomic E-state index is 5.63. The molecule has 0 aromatic heterocycles. The van der Waals surface area contributed by atoms with E-state index in [1.165, 1.54) is 19.3 Å². The van der Waals surface area contributed by atoms with Crippen molar-refractivity contribution in [1.82, 2.24) is 0 Å². The molecule has 0 saturated heterocycles. The number of unbranched alkanes of at least 4 members (excludes halogenated alkanes) is 3. The van der Waals surface area contributed by atoms with Gasteiger partial charge in [0.2, 0.25) is 0 Å². The van der Waals surface area contributed by atoms with Crippen LogP contribution in [0.1, 0.15) is 32.6 Å². The Bertz CT molecular complexity index is 282. The Hall–Kier alpha value is 0.0662. The van der Waals surface area contributed by atoms with Crippen molar-refractivity contribution in [1.29, 1.82) is 0 Å². The maximum atomic E-state index is 5.63. The minimum absolute atomic E-state index is 0. The van der Waals surface area contributed by atoms with Gasteiger partial charge in [-0.3, -0.25) is 0 Å². The molecule has 0 fully saturated rings. The number of hydrogen-bond donors (Lipinski definition) is 0. The monoisotopic (exact) mass is 310 g/mol. The van der Waals surface area contributed by atoms with Crippen LogP contribution in [0.3, 0.4) is 0 Å². The Morgan fingerprint density at radius 1 is 1.18 bits per heavy atom. The molecule has 0 N–H and O–H groups in total. The molecular weight excluding hydrogens is 292 g/mol. The largest absolute Gasteiger partial charge is 2.00 e. The number of rotatable bonds is 7. The van der Waals surface area contributed by atoms with Crippen LogP contribution < -0.4 is 26.5 Å². The third-order valence-electron chi connectivity index (χ3n) is 2.26. The third kappa shape index (κ3) is 7.89. The van der Waals surface area contributed by atoms with Gasteiger partial charge in [0, 0.05) is 5.75 Å². The summed E-state index contributed by atoms with van der Waals surface area (Å²) in [5.74, 6) is 1.57. The molecule has 1 aromatic carbocycles. The first-order chi connectivity index (χ1) is 7.38. The number of hydrogen-bond acceptors (Lipinski definition) is 2. The molecule has 0 heterocycles. The zero-order valence-electron chi connectivity index (χ0n) is 10.7. The quantitative estimate of drug-likeness (QED) is 0.403. The van der Waals surface area contributed by atoms with Crippen LogP contribution >= 0.6 is 0 Å². The summed E-state index contributed by atoms with van der Waals surface area (Å²) in [6.45, 7) is 2.97. The van der Waals surface area contributed by atoms with Crippen LogP contribution in [0.15, 0.2) is 18.2 Å². The van der Waals surface area contributed by atoms with Gasteiger partial charge in [-0.15, -0.1) is 12.1 Å². The average Bonchev–Trinajstić information content (AvgIpc) is 2.29. The Balaban J connectivity index is 0. The predicted molar refractivity (Wildman–Crippen MR) is 67.2 cm³/mol. The molecule has 0 bridgehead atoms. The van der Waals surface area contributed by atoms with Gasteiger partial charge >= 0.3 is 23.1 Å². The smallest absolute Gasteiger partial charge is 1.00 e. The van der Waals surface area contributed by atoms with Gasteiger partial charge in [-0.05, 0) is 6.42 Å². The fourth-order valence-electron chi connectivity index (χ4n) is 1.39. The van der Waals surface area contributed by atoms with Crippen LogP contribution in [0.2, 0.25) is 0 Å². The van der Waals surface area contributed by atoms with E-state index < -0.39 is 0 Å². The van der Waals surface area contributed by atoms with Crippen LogP contribution in [0.5, 0.6) is 11.5 Å². The summed E-state index contributed by atoms with van der Waals surface area (Å²) >= 11 is 0. The number of methoxy groups -OCH3 is 1. The summed E-state index contributed by atoms with van der Waals surface area (Å²) in [5, 5.41) is 0. The van der Waals surface area contributed by atoms with E-state index in [0.29, 0.717) is 0 Å². The molecule has 2 nitrogen and oxygen atoms in total. The van der Waals surface area contributed by atoms with Gasteiger partial charge in [0.1, 0.15) is 0 Å². The second-order valence-corrected chi connectivity index (χ2v) is 3.49. The molecule has 0 aliphatic carbocycles. The number of halogens is 1. The second kappa shape index (κ2) is 12.5. The van der Waals surface area contributed by atoms with Crippen LogP contribution in [-0.2, 0) is 0 Å². The number of benzene rings is 1. The predicted octanol–water partition coefficient (Wildman–Crippen LogP) is 0.0777. The van der Waals surface area contributed by atoms with Gasteiger partial charge < -0.3 is 26.5 Å². The first-order valence-electron chi connectivity index (χ1n) is 5.55. The van der Waals surface area contributed by atoms with E-state index in [1.807, 2.05) is 12.1 Å². The summed E-state index contributed by atoms with van der Waals surface area (Å²) in [4.78, 5) is 0. The Labute approximate surface area is 131 Å². The standard InChI is InChI=1S/C13H19O2.BrH.Mg/c1-3-4-5-8-11-15-13-10-7-6-9-12(13)14-2;;/h7,9-10H,3-5,8,11H2,1-2H3;1H;/q-1;;+2/p-1. The third-order valence-corrected chi connectivity index (χ3v) is 2.26. The molecule has 0 aliphatic heterocycles. The summed E-state index contributed by atoms with van der Waals surface area (Å²) in [7, 11) is 1.65. The molecule has 92 valence electrons. The zero-order valence-corrected chi connectivity index (χ0v) is 13.7. The first-order valence-corrected chi connectivity index (χ1v) is 5.55. The van der Waals surface area contributed by atoms with Crippen molar-refractivity contribution < 1.29 is 26.5 Å². The maximum Gasteiger partial charge on any atom is 2.00 e. The number of ether oxygens (including phenoxy) is 2. The molecule has 0 radical (unpaired) electrons. The van der Waals surface area contributed by atoms with Gasteiger partial charge in [0.05, 0.1) is 19.5 Å². The molecule has 17 heavy (non-hydrogen) atoms. The summed E-state index contributed by atoms with van der Waals surface area (Å²) < 4.78 is 10.8. The van der Waals surface area contributed by atoms with Gasteiger partial charge in [-0.25, -0.2) is 0 Å². The molecule has 0 aliphatic rings. The Kier molecular flexibility index (Phi) is 14.3. The van der Waals surface area contributed by atoms with E-state index in [0.717, 1.165) is 24.5 Å². The van der Waals surface area contributed by atoms with Crippen LogP contribution in [0.4, 0.5) is 0 Å². The van der Waals surface area contributed by atoms with Gasteiger partial charge in [0.25, 0.3) is 0 Å². The molecule has 0 atom stereocenters. The first kappa shape index (κ1) is 19.4. The van der Waals surface area contributed by atoms with E-state index in [2.05, 4.69) is 13.0 Å². The van der Waals surface area contributed by atoms with Crippen molar-refractivity contribution in [2.24, 2.45) is 0 Å². The summed E-state index contributed by atoms with van der Waals surface area (Å²) in [6, 6.07) is 8.48. The van der Waals surface area contributed by atoms with Crippen molar-refractivity contribution in [3.8, 4) is 11.5 Å². The summed E-state index contributed by atoms with van der Waals surface area (Å²) in [5.41, 5.74) is 0. The molecule has 0 amide bonds. The van der Waals surface area contributed by atoms with Crippen molar-refractivity contribution in [3.05, 3.63) is 24.3 Å². The fraction of sp³-hybridized carbons (Fsp3) is 0.538.